The Bertz CT molecular complexity index is 659. The van der Waals surface area contributed by atoms with Crippen LogP contribution in [0.4, 0.5) is 0 Å². The molecular weight excluding hydrogens is 272 g/mol. The van der Waals surface area contributed by atoms with Crippen LogP contribution in [0.3, 0.4) is 0 Å². The number of phenolic OH excluding ortho intramolecular Hbond substituents is 1. The molecule has 1 fully saturated rings. The molecule has 1 aliphatic rings. The molecule has 0 saturated carbocycles. The minimum atomic E-state index is -0.448. The molecule has 3 rings (SSSR count). The summed E-state index contributed by atoms with van der Waals surface area (Å²) in [5.74, 6) is -0.432. The van der Waals surface area contributed by atoms with E-state index in [4.69, 9.17) is 9.47 Å². The molecule has 1 unspecified atom stereocenters. The van der Waals surface area contributed by atoms with Crippen molar-refractivity contribution in [1.29, 1.82) is 0 Å². The van der Waals surface area contributed by atoms with Gasteiger partial charge in [-0.05, 0) is 38.3 Å². The van der Waals surface area contributed by atoms with E-state index in [0.717, 1.165) is 19.3 Å². The Hall–Kier alpha value is -2.08. The third kappa shape index (κ3) is 2.58. The van der Waals surface area contributed by atoms with Crippen molar-refractivity contribution in [2.45, 2.75) is 32.4 Å². The van der Waals surface area contributed by atoms with Gasteiger partial charge in [0.05, 0.1) is 18.4 Å². The number of esters is 1. The van der Waals surface area contributed by atoms with Crippen molar-refractivity contribution < 1.29 is 19.4 Å². The predicted molar refractivity (Wildman–Crippen MR) is 76.2 cm³/mol. The summed E-state index contributed by atoms with van der Waals surface area (Å²) in [6.07, 6.45) is 4.48. The van der Waals surface area contributed by atoms with E-state index >= 15 is 0 Å². The van der Waals surface area contributed by atoms with Crippen LogP contribution in [-0.4, -0.2) is 34.1 Å². The largest absolute Gasteiger partial charge is 0.506 e. The number of ether oxygens (including phenoxy) is 2. The average molecular weight is 290 g/mol. The van der Waals surface area contributed by atoms with E-state index in [9.17, 15) is 9.90 Å². The van der Waals surface area contributed by atoms with Gasteiger partial charge in [-0.3, -0.25) is 0 Å². The van der Waals surface area contributed by atoms with Gasteiger partial charge in [0.25, 0.3) is 0 Å². The highest BCUT2D eigenvalue weighted by atomic mass is 16.5. The predicted octanol–water partition coefficient (Wildman–Crippen LogP) is 2.62. The van der Waals surface area contributed by atoms with Gasteiger partial charge in [-0.1, -0.05) is 0 Å². The Morgan fingerprint density at radius 1 is 1.52 bits per heavy atom. The second-order valence-electron chi connectivity index (χ2n) is 5.06. The standard InChI is InChI=1S/C15H18N2O4/c1-2-20-15(19)10-7-11-9-16-17(14(11)12(18)8-10)13-5-3-4-6-21-13/h7-9,13,18H,2-6H2,1H3. The van der Waals surface area contributed by atoms with E-state index in [-0.39, 0.29) is 12.0 Å². The Morgan fingerprint density at radius 3 is 3.10 bits per heavy atom. The van der Waals surface area contributed by atoms with E-state index in [1.54, 1.807) is 23.9 Å². The van der Waals surface area contributed by atoms with Crippen molar-refractivity contribution in [2.75, 3.05) is 13.2 Å². The topological polar surface area (TPSA) is 73.6 Å². The van der Waals surface area contributed by atoms with Crippen molar-refractivity contribution in [2.24, 2.45) is 0 Å². The Morgan fingerprint density at radius 2 is 2.38 bits per heavy atom. The minimum Gasteiger partial charge on any atom is -0.506 e. The first-order valence-corrected chi connectivity index (χ1v) is 7.19. The van der Waals surface area contributed by atoms with E-state index < -0.39 is 5.97 Å². The maximum absolute atomic E-state index is 11.8. The normalized spacial score (nSPS) is 18.8. The average Bonchev–Trinajstić information content (AvgIpc) is 2.93. The summed E-state index contributed by atoms with van der Waals surface area (Å²) in [5.41, 5.74) is 0.918. The van der Waals surface area contributed by atoms with Crippen molar-refractivity contribution in [3.8, 4) is 5.75 Å². The Labute approximate surface area is 122 Å². The highest BCUT2D eigenvalue weighted by molar-refractivity contribution is 5.97. The molecule has 1 aromatic heterocycles. The van der Waals surface area contributed by atoms with Gasteiger partial charge in [0.2, 0.25) is 0 Å². The molecule has 0 spiro atoms. The maximum Gasteiger partial charge on any atom is 0.338 e. The Kier molecular flexibility index (Phi) is 3.79. The van der Waals surface area contributed by atoms with Crippen LogP contribution in [0.1, 0.15) is 42.8 Å². The number of hydrogen-bond donors (Lipinski definition) is 1. The fourth-order valence-electron chi connectivity index (χ4n) is 2.64. The van der Waals surface area contributed by atoms with E-state index in [1.807, 2.05) is 0 Å². The van der Waals surface area contributed by atoms with Gasteiger partial charge < -0.3 is 14.6 Å². The molecule has 1 atom stereocenters. The van der Waals surface area contributed by atoms with Crippen LogP contribution in [0.15, 0.2) is 18.3 Å². The molecule has 6 nitrogen and oxygen atoms in total. The summed E-state index contributed by atoms with van der Waals surface area (Å²) in [4.78, 5) is 11.8. The van der Waals surface area contributed by atoms with Gasteiger partial charge in [-0.2, -0.15) is 5.10 Å². The van der Waals surface area contributed by atoms with Crippen molar-refractivity contribution >= 4 is 16.9 Å². The number of benzene rings is 1. The number of aromatic hydroxyl groups is 1. The van der Waals surface area contributed by atoms with Gasteiger partial charge in [0.15, 0.2) is 6.23 Å². The molecule has 2 aromatic rings. The van der Waals surface area contributed by atoms with Crippen LogP contribution in [-0.2, 0) is 9.47 Å². The first kappa shape index (κ1) is 13.9. The number of phenols is 1. The number of hydrogen-bond acceptors (Lipinski definition) is 5. The second kappa shape index (κ2) is 5.73. The number of rotatable bonds is 3. The van der Waals surface area contributed by atoms with Crippen LogP contribution >= 0.6 is 0 Å². The van der Waals surface area contributed by atoms with Gasteiger partial charge >= 0.3 is 5.97 Å². The summed E-state index contributed by atoms with van der Waals surface area (Å²) in [5, 5.41) is 15.3. The zero-order valence-corrected chi connectivity index (χ0v) is 11.9. The molecule has 6 heteroatoms. The summed E-state index contributed by atoms with van der Waals surface area (Å²) < 4.78 is 12.3. The lowest BCUT2D eigenvalue weighted by molar-refractivity contribution is -0.0368. The zero-order valence-electron chi connectivity index (χ0n) is 11.9. The van der Waals surface area contributed by atoms with Crippen LogP contribution < -0.4 is 0 Å². The molecule has 21 heavy (non-hydrogen) atoms. The smallest absolute Gasteiger partial charge is 0.338 e. The molecule has 0 amide bonds. The van der Waals surface area contributed by atoms with E-state index in [1.165, 1.54) is 6.07 Å². The van der Waals surface area contributed by atoms with Crippen LogP contribution in [0.2, 0.25) is 0 Å². The van der Waals surface area contributed by atoms with Crippen LogP contribution in [0, 0.1) is 0 Å². The highest BCUT2D eigenvalue weighted by Crippen LogP contribution is 2.32. The molecule has 1 aliphatic heterocycles. The fourth-order valence-corrected chi connectivity index (χ4v) is 2.64. The van der Waals surface area contributed by atoms with E-state index in [0.29, 0.717) is 29.7 Å². The monoisotopic (exact) mass is 290 g/mol. The van der Waals surface area contributed by atoms with Gasteiger partial charge in [-0.15, -0.1) is 0 Å². The quantitative estimate of drug-likeness (QED) is 0.880. The zero-order chi connectivity index (χ0) is 14.8. The lowest BCUT2D eigenvalue weighted by Gasteiger charge is -2.23. The summed E-state index contributed by atoms with van der Waals surface area (Å²) >= 11 is 0. The number of carbonyl (C=O) groups is 1. The molecule has 1 aromatic carbocycles. The molecule has 0 radical (unpaired) electrons. The Balaban J connectivity index is 2.00. The molecule has 0 bridgehead atoms. The minimum absolute atomic E-state index is 0.0160. The number of aromatic nitrogens is 2. The molecule has 1 N–H and O–H groups in total. The lowest BCUT2D eigenvalue weighted by Crippen LogP contribution is -2.19. The molecule has 112 valence electrons. The number of nitrogens with zero attached hydrogens (tertiary/aromatic N) is 2. The van der Waals surface area contributed by atoms with Gasteiger partial charge in [0, 0.05) is 12.0 Å². The van der Waals surface area contributed by atoms with Crippen LogP contribution in [0.5, 0.6) is 5.75 Å². The van der Waals surface area contributed by atoms with Crippen LogP contribution in [0.25, 0.3) is 10.9 Å². The third-order valence-corrected chi connectivity index (χ3v) is 3.61. The molecular formula is C15H18N2O4. The molecule has 2 heterocycles. The summed E-state index contributed by atoms with van der Waals surface area (Å²) in [6.45, 7) is 2.75. The highest BCUT2D eigenvalue weighted by Gasteiger charge is 2.21. The SMILES string of the molecule is CCOC(=O)c1cc(O)c2c(cnn2C2CCCCO2)c1. The number of carbonyl (C=O) groups excluding carboxylic acids is 1. The van der Waals surface area contributed by atoms with Crippen molar-refractivity contribution in [1.82, 2.24) is 9.78 Å². The van der Waals surface area contributed by atoms with Gasteiger partial charge in [0.1, 0.15) is 11.3 Å². The lowest BCUT2D eigenvalue weighted by atomic mass is 10.1. The number of fused-ring (bicyclic) bond motifs is 1. The molecule has 1 saturated heterocycles. The third-order valence-electron chi connectivity index (χ3n) is 3.61. The summed E-state index contributed by atoms with van der Waals surface area (Å²) in [6, 6.07) is 3.10. The van der Waals surface area contributed by atoms with Crippen molar-refractivity contribution in [3.05, 3.63) is 23.9 Å². The first-order valence-electron chi connectivity index (χ1n) is 7.19. The van der Waals surface area contributed by atoms with Gasteiger partial charge in [-0.25, -0.2) is 9.48 Å². The van der Waals surface area contributed by atoms with E-state index in [2.05, 4.69) is 5.10 Å². The molecule has 0 aliphatic carbocycles. The fraction of sp³-hybridized carbons (Fsp3) is 0.467. The van der Waals surface area contributed by atoms with Crippen molar-refractivity contribution in [3.63, 3.8) is 0 Å². The second-order valence-corrected chi connectivity index (χ2v) is 5.06. The first-order chi connectivity index (χ1) is 10.2. The summed E-state index contributed by atoms with van der Waals surface area (Å²) in [7, 11) is 0. The maximum atomic E-state index is 11.8.